The van der Waals surface area contributed by atoms with E-state index in [9.17, 15) is 4.79 Å². The van der Waals surface area contributed by atoms with Gasteiger partial charge in [0.05, 0.1) is 36.4 Å². The van der Waals surface area contributed by atoms with Gasteiger partial charge in [-0.1, -0.05) is 6.08 Å². The highest BCUT2D eigenvalue weighted by Crippen LogP contribution is 2.31. The number of carbonyl (C=O) groups excluding carboxylic acids is 1. The predicted molar refractivity (Wildman–Crippen MR) is 133 cm³/mol. The molecule has 4 heterocycles. The van der Waals surface area contributed by atoms with Crippen LogP contribution in [-0.4, -0.2) is 57.7 Å². The molecule has 1 aliphatic heterocycles. The summed E-state index contributed by atoms with van der Waals surface area (Å²) in [5, 5.41) is 2.99. The van der Waals surface area contributed by atoms with E-state index in [0.29, 0.717) is 17.3 Å². The number of nitrogens with one attached hydrogen (secondary N) is 1. The summed E-state index contributed by atoms with van der Waals surface area (Å²) in [4.78, 5) is 24.3. The Morgan fingerprint density at radius 2 is 2.00 bits per heavy atom. The molecule has 1 N–H and O–H groups in total. The van der Waals surface area contributed by atoms with Gasteiger partial charge < -0.3 is 14.6 Å². The molecule has 1 fully saturated rings. The first-order valence-electron chi connectivity index (χ1n) is 12.0. The summed E-state index contributed by atoms with van der Waals surface area (Å²) in [7, 11) is 0. The fourth-order valence-electron chi connectivity index (χ4n) is 4.87. The fourth-order valence-corrected chi connectivity index (χ4v) is 4.87. The summed E-state index contributed by atoms with van der Waals surface area (Å²) in [5.41, 5.74) is 6.65. The van der Waals surface area contributed by atoms with E-state index >= 15 is 0 Å². The lowest BCUT2D eigenvalue weighted by Crippen LogP contribution is -2.43. The predicted octanol–water partition coefficient (Wildman–Crippen LogP) is 4.40. The Bertz CT molecular complexity index is 1210. The van der Waals surface area contributed by atoms with Gasteiger partial charge in [0, 0.05) is 49.1 Å². The van der Waals surface area contributed by atoms with E-state index in [0.717, 1.165) is 68.2 Å². The van der Waals surface area contributed by atoms with Gasteiger partial charge in [-0.25, -0.2) is 0 Å². The molecule has 7 heteroatoms. The van der Waals surface area contributed by atoms with Crippen LogP contribution in [-0.2, 0) is 4.74 Å². The molecule has 176 valence electrons. The normalized spacial score (nSPS) is 19.0. The molecule has 0 bridgehead atoms. The topological polar surface area (TPSA) is 72.3 Å². The third-order valence-corrected chi connectivity index (χ3v) is 6.72. The van der Waals surface area contributed by atoms with Crippen LogP contribution in [0.2, 0.25) is 0 Å². The lowest BCUT2D eigenvalue weighted by molar-refractivity contribution is 0.0150. The van der Waals surface area contributed by atoms with Crippen molar-refractivity contribution in [3.63, 3.8) is 0 Å². The number of morpholine rings is 1. The number of amides is 1. The molecule has 1 aliphatic carbocycles. The van der Waals surface area contributed by atoms with Crippen molar-refractivity contribution in [3.05, 3.63) is 77.6 Å². The molecule has 2 aliphatic rings. The molecule has 1 unspecified atom stereocenters. The maximum Gasteiger partial charge on any atom is 0.257 e. The second-order valence-corrected chi connectivity index (χ2v) is 9.11. The first kappa shape index (κ1) is 22.5. The van der Waals surface area contributed by atoms with Crippen LogP contribution in [0.3, 0.4) is 0 Å². The highest BCUT2D eigenvalue weighted by atomic mass is 16.5. The van der Waals surface area contributed by atoms with Gasteiger partial charge in [-0.3, -0.25) is 19.7 Å². The van der Waals surface area contributed by atoms with Crippen LogP contribution in [0.5, 0.6) is 0 Å². The first-order valence-corrected chi connectivity index (χ1v) is 12.0. The Labute approximate surface area is 200 Å². The molecular weight excluding hydrogens is 426 g/mol. The van der Waals surface area contributed by atoms with E-state index in [1.807, 2.05) is 48.1 Å². The van der Waals surface area contributed by atoms with E-state index in [4.69, 9.17) is 9.72 Å². The van der Waals surface area contributed by atoms with Gasteiger partial charge in [0.15, 0.2) is 0 Å². The molecule has 0 saturated carbocycles. The fraction of sp³-hybridized carbons (Fsp3) is 0.370. The number of anilines is 1. The van der Waals surface area contributed by atoms with Crippen molar-refractivity contribution in [1.82, 2.24) is 19.4 Å². The highest BCUT2D eigenvalue weighted by Gasteiger charge is 2.24. The van der Waals surface area contributed by atoms with Crippen molar-refractivity contribution in [2.24, 2.45) is 0 Å². The van der Waals surface area contributed by atoms with Crippen LogP contribution < -0.4 is 5.32 Å². The number of pyridine rings is 2. The molecule has 1 saturated heterocycles. The van der Waals surface area contributed by atoms with E-state index in [2.05, 4.69) is 28.2 Å². The number of hydrogen-bond acceptors (Lipinski definition) is 5. The maximum absolute atomic E-state index is 12.8. The summed E-state index contributed by atoms with van der Waals surface area (Å²) in [6, 6.07) is 8.34. The number of carbonyl (C=O) groups is 1. The number of rotatable bonds is 5. The van der Waals surface area contributed by atoms with Gasteiger partial charge in [-0.15, -0.1) is 0 Å². The van der Waals surface area contributed by atoms with E-state index in [-0.39, 0.29) is 5.91 Å². The van der Waals surface area contributed by atoms with E-state index < -0.39 is 0 Å². The largest absolute Gasteiger partial charge is 0.379 e. The number of aryl methyl sites for hydroxylation is 2. The zero-order chi connectivity index (χ0) is 23.5. The number of ether oxygens (including phenoxy) is 1. The minimum absolute atomic E-state index is 0.149. The molecule has 3 aromatic heterocycles. The Hall–Kier alpha value is -3.29. The molecular formula is C27H31N5O2. The Morgan fingerprint density at radius 3 is 2.74 bits per heavy atom. The van der Waals surface area contributed by atoms with Crippen LogP contribution >= 0.6 is 0 Å². The van der Waals surface area contributed by atoms with E-state index in [1.54, 1.807) is 12.4 Å². The molecule has 0 radical (unpaired) electrons. The van der Waals surface area contributed by atoms with Crippen LogP contribution in [0.15, 0.2) is 55.1 Å². The minimum Gasteiger partial charge on any atom is -0.379 e. The lowest BCUT2D eigenvalue weighted by atomic mass is 9.90. The lowest BCUT2D eigenvalue weighted by Gasteiger charge is -2.36. The van der Waals surface area contributed by atoms with Crippen LogP contribution in [0.25, 0.3) is 11.3 Å². The SMILES string of the molecule is Cc1cc(-n2ccc(C(=O)Nc3cnc(C4=CCC(N5CCOCC5)CC4)c(C)c3)c2)ccn1. The number of aromatic nitrogens is 3. The van der Waals surface area contributed by atoms with Crippen LogP contribution in [0.1, 0.15) is 46.6 Å². The molecule has 1 atom stereocenters. The molecule has 1 amide bonds. The summed E-state index contributed by atoms with van der Waals surface area (Å²) in [5.74, 6) is -0.149. The average Bonchev–Trinajstić information content (AvgIpc) is 3.36. The van der Waals surface area contributed by atoms with Crippen molar-refractivity contribution in [1.29, 1.82) is 0 Å². The average molecular weight is 458 g/mol. The summed E-state index contributed by atoms with van der Waals surface area (Å²) in [6.45, 7) is 7.76. The minimum atomic E-state index is -0.149. The number of nitrogens with zero attached hydrogens (tertiary/aromatic N) is 4. The highest BCUT2D eigenvalue weighted by molar-refractivity contribution is 6.04. The number of allylic oxidation sites excluding steroid dienone is 1. The Morgan fingerprint density at radius 1 is 1.15 bits per heavy atom. The second-order valence-electron chi connectivity index (χ2n) is 9.11. The van der Waals surface area contributed by atoms with Gasteiger partial charge in [0.25, 0.3) is 5.91 Å². The maximum atomic E-state index is 12.8. The Balaban J connectivity index is 1.24. The van der Waals surface area contributed by atoms with Crippen molar-refractivity contribution < 1.29 is 9.53 Å². The molecule has 0 aromatic carbocycles. The Kier molecular flexibility index (Phi) is 6.56. The second kappa shape index (κ2) is 9.91. The molecule has 0 spiro atoms. The van der Waals surface area contributed by atoms with Crippen LogP contribution in [0.4, 0.5) is 5.69 Å². The summed E-state index contributed by atoms with van der Waals surface area (Å²) in [6.07, 6.45) is 12.8. The zero-order valence-electron chi connectivity index (χ0n) is 19.8. The van der Waals surface area contributed by atoms with Gasteiger partial charge in [-0.2, -0.15) is 0 Å². The van der Waals surface area contributed by atoms with Gasteiger partial charge in [-0.05, 0) is 68.5 Å². The van der Waals surface area contributed by atoms with Crippen molar-refractivity contribution in [2.75, 3.05) is 31.6 Å². The summed E-state index contributed by atoms with van der Waals surface area (Å²) >= 11 is 0. The monoisotopic (exact) mass is 457 g/mol. The standard InChI is InChI=1S/C27H31N5O2/c1-19-15-23(30-27(33)22-8-10-32(18-22)25-7-9-28-20(2)16-25)17-29-26(19)21-3-5-24(6-4-21)31-11-13-34-14-12-31/h3,7-10,15-18,24H,4-6,11-14H2,1-2H3,(H,30,33). The van der Waals surface area contributed by atoms with Gasteiger partial charge >= 0.3 is 0 Å². The first-order chi connectivity index (χ1) is 16.6. The smallest absolute Gasteiger partial charge is 0.257 e. The van der Waals surface area contributed by atoms with Crippen molar-refractivity contribution in [2.45, 2.75) is 39.2 Å². The third kappa shape index (κ3) is 4.95. The van der Waals surface area contributed by atoms with Gasteiger partial charge in [0.2, 0.25) is 0 Å². The van der Waals surface area contributed by atoms with Crippen molar-refractivity contribution in [3.8, 4) is 5.69 Å². The molecule has 5 rings (SSSR count). The van der Waals surface area contributed by atoms with Crippen molar-refractivity contribution >= 4 is 17.2 Å². The zero-order valence-corrected chi connectivity index (χ0v) is 19.8. The van der Waals surface area contributed by atoms with Crippen LogP contribution in [0, 0.1) is 13.8 Å². The number of hydrogen-bond donors (Lipinski definition) is 1. The molecule has 3 aromatic rings. The molecule has 7 nitrogen and oxygen atoms in total. The quantitative estimate of drug-likeness (QED) is 0.615. The van der Waals surface area contributed by atoms with Gasteiger partial charge in [0.1, 0.15) is 0 Å². The summed E-state index contributed by atoms with van der Waals surface area (Å²) < 4.78 is 7.42. The third-order valence-electron chi connectivity index (χ3n) is 6.72. The van der Waals surface area contributed by atoms with E-state index in [1.165, 1.54) is 5.57 Å². The molecule has 34 heavy (non-hydrogen) atoms.